The summed E-state index contributed by atoms with van der Waals surface area (Å²) in [4.78, 5) is 24.4. The summed E-state index contributed by atoms with van der Waals surface area (Å²) in [5, 5.41) is 14.0. The Bertz CT molecular complexity index is 833. The van der Waals surface area contributed by atoms with E-state index >= 15 is 0 Å². The van der Waals surface area contributed by atoms with Gasteiger partial charge in [-0.2, -0.15) is 0 Å². The zero-order chi connectivity index (χ0) is 16.0. The average Bonchev–Trinajstić information content (AvgIpc) is 3.02. The number of aliphatic hydroxyl groups excluding tert-OH is 1. The molecule has 1 saturated heterocycles. The monoisotopic (exact) mass is 310 g/mol. The van der Waals surface area contributed by atoms with Crippen molar-refractivity contribution < 1.29 is 19.4 Å². The number of aliphatic hydroxyl groups is 1. The molecule has 0 saturated carbocycles. The van der Waals surface area contributed by atoms with Crippen LogP contribution in [-0.2, 0) is 10.3 Å². The Balaban J connectivity index is 1.94. The van der Waals surface area contributed by atoms with Crippen LogP contribution in [0.5, 0.6) is 5.75 Å². The number of hydrogen-bond acceptors (Lipinski definition) is 4. The third-order valence-electron chi connectivity index (χ3n) is 4.24. The molecule has 2 aromatic rings. The minimum absolute atomic E-state index is 0.0975. The topological polar surface area (TPSA) is 87.7 Å². The Morgan fingerprint density at radius 2 is 1.83 bits per heavy atom. The van der Waals surface area contributed by atoms with Gasteiger partial charge >= 0.3 is 6.03 Å². The molecule has 116 valence electrons. The molecule has 2 aromatic carbocycles. The summed E-state index contributed by atoms with van der Waals surface area (Å²) in [7, 11) is 0. The predicted octanol–water partition coefficient (Wildman–Crippen LogP) is 1.12. The molecule has 0 bridgehead atoms. The highest BCUT2D eigenvalue weighted by Crippen LogP contribution is 2.49. The summed E-state index contributed by atoms with van der Waals surface area (Å²) in [6, 6.07) is 12.4. The van der Waals surface area contributed by atoms with E-state index < -0.39 is 17.5 Å². The fraction of sp³-hybridized carbons (Fsp3) is 0.176. The molecule has 1 fully saturated rings. The number of ether oxygens (including phenoxy) is 1. The van der Waals surface area contributed by atoms with Crippen LogP contribution in [0.1, 0.15) is 11.1 Å². The first kappa shape index (κ1) is 13.8. The lowest BCUT2D eigenvalue weighted by molar-refractivity contribution is -0.122. The van der Waals surface area contributed by atoms with Gasteiger partial charge in [-0.05, 0) is 28.8 Å². The van der Waals surface area contributed by atoms with Crippen molar-refractivity contribution >= 4 is 11.9 Å². The summed E-state index contributed by atoms with van der Waals surface area (Å²) in [6.07, 6.45) is 0. The van der Waals surface area contributed by atoms with Gasteiger partial charge in [-0.15, -0.1) is 0 Å². The number of carbonyl (C=O) groups excluding carboxylic acids is 2. The van der Waals surface area contributed by atoms with Crippen LogP contribution in [0.25, 0.3) is 11.1 Å². The van der Waals surface area contributed by atoms with E-state index in [4.69, 9.17) is 9.84 Å². The second kappa shape index (κ2) is 4.82. The molecule has 3 amide bonds. The molecule has 0 aromatic heterocycles. The van der Waals surface area contributed by atoms with Gasteiger partial charge in [-0.3, -0.25) is 10.1 Å². The molecule has 4 rings (SSSR count). The van der Waals surface area contributed by atoms with E-state index in [9.17, 15) is 9.59 Å². The maximum atomic E-state index is 12.6. The van der Waals surface area contributed by atoms with Crippen LogP contribution in [0, 0.1) is 0 Å². The van der Waals surface area contributed by atoms with Crippen molar-refractivity contribution in [1.82, 2.24) is 10.6 Å². The van der Waals surface area contributed by atoms with Gasteiger partial charge < -0.3 is 15.2 Å². The van der Waals surface area contributed by atoms with Gasteiger partial charge in [0.15, 0.2) is 5.54 Å². The summed E-state index contributed by atoms with van der Waals surface area (Å²) >= 11 is 0. The Morgan fingerprint density at radius 3 is 2.57 bits per heavy atom. The predicted molar refractivity (Wildman–Crippen MR) is 81.9 cm³/mol. The third-order valence-corrected chi connectivity index (χ3v) is 4.24. The number of fused-ring (bicyclic) bond motifs is 5. The molecular weight excluding hydrogens is 296 g/mol. The Hall–Kier alpha value is -2.86. The molecule has 1 heterocycles. The Morgan fingerprint density at radius 1 is 1.04 bits per heavy atom. The van der Waals surface area contributed by atoms with Gasteiger partial charge in [0, 0.05) is 5.56 Å². The van der Waals surface area contributed by atoms with E-state index in [1.807, 2.05) is 30.3 Å². The molecular formula is C17H14N2O4. The Labute approximate surface area is 132 Å². The average molecular weight is 310 g/mol. The highest BCUT2D eigenvalue weighted by molar-refractivity contribution is 6.13. The van der Waals surface area contributed by atoms with E-state index in [2.05, 4.69) is 10.6 Å². The van der Waals surface area contributed by atoms with Gasteiger partial charge in [0.2, 0.25) is 0 Å². The zero-order valence-corrected chi connectivity index (χ0v) is 12.1. The number of nitrogens with one attached hydrogen (secondary N) is 2. The largest absolute Gasteiger partial charge is 0.491 e. The molecule has 6 nitrogen and oxygen atoms in total. The standard InChI is InChI=1S/C17H14N2O4/c20-7-8-23-10-5-6-12-11-3-1-2-4-13(11)17(14(12)9-10)15(21)18-16(22)19-17/h1-6,9,20H,7-8H2,(H2,18,19,21,22). The quantitative estimate of drug-likeness (QED) is 0.741. The zero-order valence-electron chi connectivity index (χ0n) is 12.1. The van der Waals surface area contributed by atoms with Gasteiger partial charge in [-0.25, -0.2) is 4.79 Å². The highest BCUT2D eigenvalue weighted by atomic mass is 16.5. The first-order valence-corrected chi connectivity index (χ1v) is 7.28. The number of carbonyl (C=O) groups is 2. The second-order valence-corrected chi connectivity index (χ2v) is 5.48. The maximum absolute atomic E-state index is 12.6. The van der Waals surface area contributed by atoms with Crippen LogP contribution in [0.2, 0.25) is 0 Å². The number of urea groups is 1. The number of hydrogen-bond donors (Lipinski definition) is 3. The lowest BCUT2D eigenvalue weighted by atomic mass is 9.87. The lowest BCUT2D eigenvalue weighted by Crippen LogP contribution is -2.43. The molecule has 1 spiro atoms. The van der Waals surface area contributed by atoms with Gasteiger partial charge in [0.1, 0.15) is 12.4 Å². The van der Waals surface area contributed by atoms with Crippen LogP contribution in [-0.4, -0.2) is 30.3 Å². The molecule has 1 unspecified atom stereocenters. The van der Waals surface area contributed by atoms with Crippen LogP contribution in [0.3, 0.4) is 0 Å². The summed E-state index contributed by atoms with van der Waals surface area (Å²) in [5.74, 6) is 0.145. The van der Waals surface area contributed by atoms with E-state index in [0.717, 1.165) is 16.7 Å². The van der Waals surface area contributed by atoms with Crippen molar-refractivity contribution in [3.05, 3.63) is 53.6 Å². The van der Waals surface area contributed by atoms with Crippen molar-refractivity contribution in [3.8, 4) is 16.9 Å². The number of imide groups is 1. The minimum atomic E-state index is -1.22. The van der Waals surface area contributed by atoms with Crippen LogP contribution in [0.15, 0.2) is 42.5 Å². The van der Waals surface area contributed by atoms with Crippen molar-refractivity contribution in [2.75, 3.05) is 13.2 Å². The minimum Gasteiger partial charge on any atom is -0.491 e. The number of rotatable bonds is 3. The second-order valence-electron chi connectivity index (χ2n) is 5.48. The van der Waals surface area contributed by atoms with Crippen molar-refractivity contribution in [1.29, 1.82) is 0 Å². The molecule has 23 heavy (non-hydrogen) atoms. The SMILES string of the molecule is O=C1NC(=O)C2(N1)c1ccccc1-c1ccc(OCCO)cc12. The van der Waals surface area contributed by atoms with Crippen molar-refractivity contribution in [2.45, 2.75) is 5.54 Å². The highest BCUT2D eigenvalue weighted by Gasteiger charge is 2.54. The van der Waals surface area contributed by atoms with Crippen molar-refractivity contribution in [3.63, 3.8) is 0 Å². The van der Waals surface area contributed by atoms with Crippen LogP contribution < -0.4 is 15.4 Å². The van der Waals surface area contributed by atoms with Crippen molar-refractivity contribution in [2.24, 2.45) is 0 Å². The van der Waals surface area contributed by atoms with E-state index in [1.165, 1.54) is 0 Å². The third kappa shape index (κ3) is 1.78. The number of amides is 3. The molecule has 6 heteroatoms. The molecule has 1 aliphatic carbocycles. The van der Waals surface area contributed by atoms with Gasteiger partial charge in [0.25, 0.3) is 5.91 Å². The van der Waals surface area contributed by atoms with E-state index in [1.54, 1.807) is 12.1 Å². The van der Waals surface area contributed by atoms with E-state index in [0.29, 0.717) is 11.3 Å². The normalized spacial score (nSPS) is 20.9. The maximum Gasteiger partial charge on any atom is 0.322 e. The summed E-state index contributed by atoms with van der Waals surface area (Å²) < 4.78 is 5.45. The fourth-order valence-corrected chi connectivity index (χ4v) is 3.35. The first-order chi connectivity index (χ1) is 11.2. The molecule has 0 radical (unpaired) electrons. The van der Waals surface area contributed by atoms with Gasteiger partial charge in [0.05, 0.1) is 6.61 Å². The lowest BCUT2D eigenvalue weighted by Gasteiger charge is -2.23. The van der Waals surface area contributed by atoms with Crippen LogP contribution >= 0.6 is 0 Å². The molecule has 1 aliphatic heterocycles. The van der Waals surface area contributed by atoms with Gasteiger partial charge in [-0.1, -0.05) is 30.3 Å². The summed E-state index contributed by atoms with van der Waals surface area (Å²) in [5.41, 5.74) is 2.00. The fourth-order valence-electron chi connectivity index (χ4n) is 3.35. The van der Waals surface area contributed by atoms with Crippen LogP contribution in [0.4, 0.5) is 4.79 Å². The molecule has 2 aliphatic rings. The van der Waals surface area contributed by atoms with E-state index in [-0.39, 0.29) is 13.2 Å². The smallest absolute Gasteiger partial charge is 0.322 e. The summed E-state index contributed by atoms with van der Waals surface area (Å²) in [6.45, 7) is 0.0664. The molecule has 1 atom stereocenters. The Kier molecular flexibility index (Phi) is 2.89. The number of benzene rings is 2. The first-order valence-electron chi connectivity index (χ1n) is 7.28. The molecule has 3 N–H and O–H groups in total.